The molecule has 2 N–H and O–H groups in total. The number of ether oxygens (including phenoxy) is 1. The number of para-hydroxylation sites is 1. The van der Waals surface area contributed by atoms with Crippen LogP contribution < -0.4 is 16.0 Å². The first-order chi connectivity index (χ1) is 20.1. The van der Waals surface area contributed by atoms with Crippen molar-refractivity contribution in [3.63, 3.8) is 0 Å². The van der Waals surface area contributed by atoms with Crippen LogP contribution in [-0.4, -0.2) is 10.2 Å². The average molecular weight is 561 g/mol. The van der Waals surface area contributed by atoms with E-state index in [4.69, 9.17) is 13.6 Å². The van der Waals surface area contributed by atoms with Crippen molar-refractivity contribution >= 4 is 21.9 Å². The van der Waals surface area contributed by atoms with Gasteiger partial charge in [0.2, 0.25) is 0 Å². The molecule has 210 valence electrons. The highest BCUT2D eigenvalue weighted by Gasteiger charge is 2.33. The second-order valence-electron chi connectivity index (χ2n) is 10.6. The van der Waals surface area contributed by atoms with Gasteiger partial charge in [0.05, 0.1) is 27.8 Å². The third kappa shape index (κ3) is 4.59. The van der Waals surface area contributed by atoms with Crippen molar-refractivity contribution in [2.45, 2.75) is 33.6 Å². The smallest absolute Gasteiger partial charge is 0.344 e. The molecule has 0 fully saturated rings. The zero-order chi connectivity index (χ0) is 29.7. The minimum atomic E-state index is -1.26. The summed E-state index contributed by atoms with van der Waals surface area (Å²) in [6.07, 6.45) is 0. The number of rotatable bonds is 5. The fourth-order valence-electron chi connectivity index (χ4n) is 5.68. The van der Waals surface area contributed by atoms with Crippen molar-refractivity contribution in [3.05, 3.63) is 139 Å². The predicted molar refractivity (Wildman–Crippen MR) is 161 cm³/mol. The summed E-state index contributed by atoms with van der Waals surface area (Å²) in [6.45, 7) is 7.31. The standard InChI is InChI=1S/C35H28O7/c1-18-13-20(3)32-25(15-18)30(36)28(34(38)41-32)27(22-9-8-12-24(17-22)40-23-10-6-5-7-11-23)29-31(37)26-16-19(2)14-21(4)33(26)42-35(29)39/h5-17,27,36-37H,1-4H3. The first kappa shape index (κ1) is 26.9. The van der Waals surface area contributed by atoms with E-state index in [9.17, 15) is 19.8 Å². The molecule has 0 unspecified atom stereocenters. The van der Waals surface area contributed by atoms with Crippen LogP contribution in [-0.2, 0) is 0 Å². The molecule has 0 saturated heterocycles. The Morgan fingerprint density at radius 3 is 1.64 bits per heavy atom. The Morgan fingerprint density at radius 2 is 1.12 bits per heavy atom. The molecule has 0 spiro atoms. The molecule has 0 saturated carbocycles. The Hall–Kier alpha value is -5.30. The van der Waals surface area contributed by atoms with E-state index in [1.807, 2.05) is 44.2 Å². The van der Waals surface area contributed by atoms with Gasteiger partial charge < -0.3 is 23.8 Å². The molecule has 2 aromatic heterocycles. The lowest BCUT2D eigenvalue weighted by atomic mass is 9.84. The summed E-state index contributed by atoms with van der Waals surface area (Å²) in [5.74, 6) is -0.925. The number of aromatic hydroxyl groups is 2. The van der Waals surface area contributed by atoms with E-state index in [0.717, 1.165) is 11.1 Å². The van der Waals surface area contributed by atoms with E-state index in [0.29, 0.717) is 39.0 Å². The summed E-state index contributed by atoms with van der Waals surface area (Å²) in [6, 6.07) is 23.1. The molecule has 0 aliphatic rings. The third-order valence-corrected chi connectivity index (χ3v) is 7.44. The molecule has 7 heteroatoms. The van der Waals surface area contributed by atoms with E-state index < -0.39 is 17.2 Å². The van der Waals surface area contributed by atoms with Gasteiger partial charge in [-0.25, -0.2) is 9.59 Å². The van der Waals surface area contributed by atoms with Gasteiger partial charge in [-0.2, -0.15) is 0 Å². The van der Waals surface area contributed by atoms with Crippen molar-refractivity contribution < 1.29 is 23.8 Å². The summed E-state index contributed by atoms with van der Waals surface area (Å²) in [5, 5.41) is 23.9. The SMILES string of the molecule is Cc1cc(C)c2oc(=O)c(C(c3cccc(Oc4ccccc4)c3)c3c(O)c4cc(C)cc(C)c4oc3=O)c(O)c2c1. The summed E-state index contributed by atoms with van der Waals surface area (Å²) >= 11 is 0. The van der Waals surface area contributed by atoms with Gasteiger partial charge in [0.1, 0.15) is 34.2 Å². The molecule has 6 aromatic rings. The largest absolute Gasteiger partial charge is 0.507 e. The van der Waals surface area contributed by atoms with Crippen LogP contribution in [0.5, 0.6) is 23.0 Å². The van der Waals surface area contributed by atoms with Gasteiger partial charge >= 0.3 is 11.3 Å². The number of hydrogen-bond donors (Lipinski definition) is 2. The first-order valence-electron chi connectivity index (χ1n) is 13.5. The molecule has 0 aliphatic carbocycles. The first-order valence-corrected chi connectivity index (χ1v) is 13.5. The van der Waals surface area contributed by atoms with Crippen molar-refractivity contribution in [1.82, 2.24) is 0 Å². The quantitative estimate of drug-likeness (QED) is 0.210. The average Bonchev–Trinajstić information content (AvgIpc) is 2.94. The van der Waals surface area contributed by atoms with E-state index >= 15 is 0 Å². The highest BCUT2D eigenvalue weighted by Crippen LogP contribution is 2.43. The van der Waals surface area contributed by atoms with Gasteiger partial charge in [-0.15, -0.1) is 0 Å². The Morgan fingerprint density at radius 1 is 0.619 bits per heavy atom. The highest BCUT2D eigenvalue weighted by molar-refractivity contribution is 5.90. The van der Waals surface area contributed by atoms with Crippen LogP contribution >= 0.6 is 0 Å². The third-order valence-electron chi connectivity index (χ3n) is 7.44. The molecule has 6 rings (SSSR count). The van der Waals surface area contributed by atoms with Gasteiger partial charge in [-0.1, -0.05) is 42.5 Å². The zero-order valence-corrected chi connectivity index (χ0v) is 23.5. The normalized spacial score (nSPS) is 11.5. The summed E-state index contributed by atoms with van der Waals surface area (Å²) in [5.41, 5.74) is 1.87. The molecular weight excluding hydrogens is 532 g/mol. The maximum atomic E-state index is 13.7. The lowest BCUT2D eigenvalue weighted by Gasteiger charge is -2.21. The maximum Gasteiger partial charge on any atom is 0.344 e. The van der Waals surface area contributed by atoms with E-state index in [1.54, 1.807) is 62.4 Å². The Kier molecular flexibility index (Phi) is 6.58. The summed E-state index contributed by atoms with van der Waals surface area (Å²) in [7, 11) is 0. The zero-order valence-electron chi connectivity index (χ0n) is 23.5. The van der Waals surface area contributed by atoms with Crippen LogP contribution in [0.3, 0.4) is 0 Å². The van der Waals surface area contributed by atoms with Crippen molar-refractivity contribution in [2.24, 2.45) is 0 Å². The number of hydrogen-bond acceptors (Lipinski definition) is 7. The topological polar surface area (TPSA) is 110 Å². The lowest BCUT2D eigenvalue weighted by molar-refractivity contribution is 0.440. The minimum absolute atomic E-state index is 0.198. The fourth-order valence-corrected chi connectivity index (χ4v) is 5.68. The summed E-state index contributed by atoms with van der Waals surface area (Å²) < 4.78 is 17.5. The van der Waals surface area contributed by atoms with Crippen LogP contribution in [0.25, 0.3) is 21.9 Å². The van der Waals surface area contributed by atoms with E-state index in [1.165, 1.54) is 0 Å². The number of fused-ring (bicyclic) bond motifs is 2. The molecule has 0 bridgehead atoms. The van der Waals surface area contributed by atoms with Crippen LogP contribution in [0.4, 0.5) is 0 Å². The van der Waals surface area contributed by atoms with Crippen molar-refractivity contribution in [2.75, 3.05) is 0 Å². The number of benzene rings is 4. The summed E-state index contributed by atoms with van der Waals surface area (Å²) in [4.78, 5) is 27.4. The second kappa shape index (κ2) is 10.3. The van der Waals surface area contributed by atoms with Crippen LogP contribution in [0.1, 0.15) is 44.9 Å². The lowest BCUT2D eigenvalue weighted by Crippen LogP contribution is -2.21. The molecule has 0 aliphatic heterocycles. The minimum Gasteiger partial charge on any atom is -0.507 e. The van der Waals surface area contributed by atoms with Crippen LogP contribution in [0, 0.1) is 27.7 Å². The van der Waals surface area contributed by atoms with Gasteiger partial charge in [0.15, 0.2) is 0 Å². The maximum absolute atomic E-state index is 13.7. The molecule has 4 aromatic carbocycles. The Balaban J connectivity index is 1.68. The van der Waals surface area contributed by atoms with Gasteiger partial charge in [0, 0.05) is 0 Å². The monoisotopic (exact) mass is 560 g/mol. The predicted octanol–water partition coefficient (Wildman–Crippen LogP) is 7.52. The molecule has 42 heavy (non-hydrogen) atoms. The Labute approximate surface area is 240 Å². The van der Waals surface area contributed by atoms with Gasteiger partial charge in [0.25, 0.3) is 0 Å². The molecule has 0 amide bonds. The van der Waals surface area contributed by atoms with Crippen LogP contribution in [0.15, 0.2) is 97.3 Å². The number of aryl methyl sites for hydroxylation is 4. The van der Waals surface area contributed by atoms with E-state index in [2.05, 4.69) is 0 Å². The molecule has 2 heterocycles. The van der Waals surface area contributed by atoms with Gasteiger partial charge in [-0.05, 0) is 91.9 Å². The van der Waals surface area contributed by atoms with E-state index in [-0.39, 0.29) is 33.8 Å². The highest BCUT2D eigenvalue weighted by atomic mass is 16.5. The van der Waals surface area contributed by atoms with Crippen LogP contribution in [0.2, 0.25) is 0 Å². The Bertz CT molecular complexity index is 2010. The molecule has 0 atom stereocenters. The fraction of sp³-hybridized carbons (Fsp3) is 0.143. The molecule has 7 nitrogen and oxygen atoms in total. The molecular formula is C35H28O7. The van der Waals surface area contributed by atoms with Gasteiger partial charge in [-0.3, -0.25) is 0 Å². The van der Waals surface area contributed by atoms with Crippen molar-refractivity contribution in [1.29, 1.82) is 0 Å². The second-order valence-corrected chi connectivity index (χ2v) is 10.6. The molecule has 0 radical (unpaired) electrons. The van der Waals surface area contributed by atoms with Crippen molar-refractivity contribution in [3.8, 4) is 23.0 Å².